The van der Waals surface area contributed by atoms with E-state index in [2.05, 4.69) is 243 Å². The van der Waals surface area contributed by atoms with E-state index in [9.17, 15) is 39.6 Å². The van der Waals surface area contributed by atoms with Gasteiger partial charge < -0.3 is 72.5 Å². The number of benzene rings is 10. The van der Waals surface area contributed by atoms with Gasteiger partial charge in [-0.15, -0.1) is 0 Å². The summed E-state index contributed by atoms with van der Waals surface area (Å²) in [7, 11) is -3.81. The van der Waals surface area contributed by atoms with Gasteiger partial charge in [0.1, 0.15) is 68.5 Å². The zero-order valence-corrected chi connectivity index (χ0v) is 53.3. The van der Waals surface area contributed by atoms with Crippen LogP contribution in [-0.2, 0) is 78.2 Å². The van der Waals surface area contributed by atoms with Gasteiger partial charge in [0.05, 0.1) is 0 Å². The zero-order chi connectivity index (χ0) is 57.6. The summed E-state index contributed by atoms with van der Waals surface area (Å²) in [4.78, 5) is 39.0. The fourth-order valence-electron chi connectivity index (χ4n) is 8.53. The fourth-order valence-corrected chi connectivity index (χ4v) is 17.1. The monoisotopic (exact) mass is 1300 g/mol. The third kappa shape index (κ3) is 25.1. The molecule has 462 valence electrons. The molecule has 18 heteroatoms. The molecule has 0 aromatic heterocycles. The van der Waals surface area contributed by atoms with Crippen LogP contribution in [0.1, 0.15) is 51.0 Å². The molecule has 0 fully saturated rings. The number of carbonyl (C=O) groups is 4. The Bertz CT molecular complexity index is 2810. The SMILES string of the molecule is CC(C)=O.CC(C)=O.O.O.O=C([O-])[C@@H]([O-])c1ccccc1.O=C([O-])[C@H]([O-])c1ccccc1.[O-2].[O-2].[O-2].[O-2].[V].[V].c1ccc([P+](c2ccccc2)(c2ccccc2)c2ccccc2)cc1.c1ccc([P+](c2ccccc2)(c2ccccc2)c2ccccc2)cc1. The van der Waals surface area contributed by atoms with Gasteiger partial charge in [0.2, 0.25) is 0 Å². The maximum absolute atomic E-state index is 10.8. The molecule has 14 nitrogen and oxygen atoms in total. The number of rotatable bonds is 12. The predicted molar refractivity (Wildman–Crippen MR) is 334 cm³/mol. The Hall–Kier alpha value is -7.81. The van der Waals surface area contributed by atoms with Crippen molar-refractivity contribution in [3.63, 3.8) is 0 Å². The van der Waals surface area contributed by atoms with E-state index in [1.54, 1.807) is 36.4 Å². The van der Waals surface area contributed by atoms with Crippen LogP contribution in [0.4, 0.5) is 0 Å². The predicted octanol–water partition coefficient (Wildman–Crippen LogP) is 5.35. The second-order valence-electron chi connectivity index (χ2n) is 18.1. The number of carboxylic acids is 2. The van der Waals surface area contributed by atoms with E-state index >= 15 is 0 Å². The van der Waals surface area contributed by atoms with E-state index < -0.39 is 38.7 Å². The van der Waals surface area contributed by atoms with Crippen molar-refractivity contribution in [1.82, 2.24) is 0 Å². The van der Waals surface area contributed by atoms with Crippen LogP contribution >= 0.6 is 14.5 Å². The number of hydrogen-bond donors (Lipinski definition) is 0. The van der Waals surface area contributed by atoms with E-state index in [0.29, 0.717) is 0 Å². The summed E-state index contributed by atoms with van der Waals surface area (Å²) in [6.07, 6.45) is -3.53. The van der Waals surface area contributed by atoms with Gasteiger partial charge in [-0.2, -0.15) is 0 Å². The number of carboxylic acid groups (broad SMARTS) is 2. The van der Waals surface area contributed by atoms with Crippen molar-refractivity contribution in [3.8, 4) is 0 Å². The van der Waals surface area contributed by atoms with E-state index in [1.165, 1.54) is 94.4 Å². The first kappa shape index (κ1) is 86.6. The Morgan fingerprint density at radius 3 is 0.466 bits per heavy atom. The Morgan fingerprint density at radius 2 is 0.364 bits per heavy atom. The largest absolute Gasteiger partial charge is 2.00 e. The number of aliphatic carboxylic acids is 2. The van der Waals surface area contributed by atoms with Crippen molar-refractivity contribution in [3.05, 3.63) is 314 Å². The molecule has 0 bridgehead atoms. The fraction of sp³-hybridized carbons (Fsp3) is 0.0857. The average Bonchev–Trinajstić information content (AvgIpc) is 3.51. The summed E-state index contributed by atoms with van der Waals surface area (Å²) >= 11 is 0. The summed E-state index contributed by atoms with van der Waals surface area (Å²) < 4.78 is 0. The minimum absolute atomic E-state index is 0. The van der Waals surface area contributed by atoms with Crippen LogP contribution in [-0.4, -0.2) is 34.5 Å². The minimum atomic E-state index is -1.91. The molecule has 0 unspecified atom stereocenters. The van der Waals surface area contributed by atoms with Gasteiger partial charge in [-0.3, -0.25) is 0 Å². The number of carbonyl (C=O) groups excluding carboxylic acids is 4. The topological polar surface area (TPSA) is 338 Å². The molecule has 0 saturated heterocycles. The standard InChI is InChI=1S/2C24H20P.2C8H7O3.2C3H6O.2H2O.4O.2V/c2*1-5-13-21(14-6-1)25(22-15-7-2-8-16-22,23-17-9-3-10-18-23)24-19-11-4-12-20-24;2*9-7(8(10)11)6-4-2-1-3-5-6;2*1-3(2)4;;;;;;;;/h2*1-20H;2*1-5,7H,(H,10,11);2*1-2H3;2*1H2;;;;;;/q2*+1;2*-1;;;;;4*-2;;/p-2/t;;2*7-;;;;;;;;;;/m..10........../s1. The van der Waals surface area contributed by atoms with Crippen molar-refractivity contribution in [2.24, 2.45) is 0 Å². The van der Waals surface area contributed by atoms with Gasteiger partial charge in [-0.05, 0) is 125 Å². The van der Waals surface area contributed by atoms with Crippen molar-refractivity contribution in [2.75, 3.05) is 0 Å². The smallest absolute Gasteiger partial charge is 0.144 e. The zero-order valence-electron chi connectivity index (χ0n) is 48.7. The summed E-state index contributed by atoms with van der Waals surface area (Å²) in [6.45, 7) is 6.11. The first-order valence-corrected chi connectivity index (χ1v) is 29.3. The van der Waals surface area contributed by atoms with E-state index in [0.717, 1.165) is 0 Å². The van der Waals surface area contributed by atoms with Gasteiger partial charge in [0.15, 0.2) is 0 Å². The van der Waals surface area contributed by atoms with Crippen LogP contribution < -0.4 is 62.9 Å². The van der Waals surface area contributed by atoms with E-state index in [4.69, 9.17) is 0 Å². The van der Waals surface area contributed by atoms with Crippen LogP contribution in [0.2, 0.25) is 0 Å². The quantitative estimate of drug-likeness (QED) is 0.143. The molecule has 0 aliphatic rings. The van der Waals surface area contributed by atoms with Gasteiger partial charge in [0.25, 0.3) is 0 Å². The summed E-state index contributed by atoms with van der Waals surface area (Å²) in [5.74, 6) is -2.84. The van der Waals surface area contributed by atoms with Crippen LogP contribution in [0.3, 0.4) is 0 Å². The molecular weight excluding hydrogens is 1230 g/mol. The first-order valence-electron chi connectivity index (χ1n) is 25.7. The second kappa shape index (κ2) is 46.4. The molecule has 4 N–H and O–H groups in total. The molecule has 2 atom stereocenters. The van der Waals surface area contributed by atoms with E-state index in [-0.39, 0.29) is 92.7 Å². The molecule has 10 aromatic carbocycles. The molecule has 0 aliphatic heterocycles. The van der Waals surface area contributed by atoms with E-state index in [1.807, 2.05) is 0 Å². The molecule has 0 amide bonds. The molecule has 88 heavy (non-hydrogen) atoms. The molecule has 0 aliphatic carbocycles. The van der Waals surface area contributed by atoms with Crippen molar-refractivity contribution in [2.45, 2.75) is 39.9 Å². The van der Waals surface area contributed by atoms with Gasteiger partial charge in [-0.25, -0.2) is 0 Å². The summed E-state index contributed by atoms with van der Waals surface area (Å²) in [6, 6.07) is 103. The summed E-state index contributed by atoms with van der Waals surface area (Å²) in [5, 5.41) is 52.8. The van der Waals surface area contributed by atoms with Gasteiger partial charge >= 0.3 is 0 Å². The van der Waals surface area contributed by atoms with Crippen molar-refractivity contribution < 1.29 is 110 Å². The Morgan fingerprint density at radius 1 is 0.261 bits per heavy atom. The Labute approximate surface area is 541 Å². The first-order chi connectivity index (χ1) is 38.7. The van der Waals surface area contributed by atoms with Crippen molar-refractivity contribution >= 4 is 80.5 Å². The molecular formula is C70H68O14P2V2-10. The van der Waals surface area contributed by atoms with Gasteiger partial charge in [-0.1, -0.05) is 230 Å². The maximum atomic E-state index is 10.8. The van der Waals surface area contributed by atoms with Crippen LogP contribution in [0.5, 0.6) is 0 Å². The third-order valence-corrected chi connectivity index (χ3v) is 20.4. The molecule has 0 saturated carbocycles. The summed E-state index contributed by atoms with van der Waals surface area (Å²) in [5.41, 5.74) is 0.458. The second-order valence-corrected chi connectivity index (χ2v) is 24.9. The number of ketones is 2. The molecule has 10 aromatic rings. The molecule has 0 heterocycles. The molecule has 10 rings (SSSR count). The third-order valence-electron chi connectivity index (χ3n) is 11.8. The molecule has 0 spiro atoms. The van der Waals surface area contributed by atoms with Gasteiger partial charge in [0, 0.05) is 49.0 Å². The van der Waals surface area contributed by atoms with Crippen LogP contribution in [0, 0.1) is 0 Å². The number of hydrogen-bond acceptors (Lipinski definition) is 8. The van der Waals surface area contributed by atoms with Crippen LogP contribution in [0.25, 0.3) is 0 Å². The normalized spacial score (nSPS) is 10.1. The Balaban J connectivity index is -0.000000523. The van der Waals surface area contributed by atoms with Crippen LogP contribution in [0.15, 0.2) is 303 Å². The Kier molecular flexibility index (Phi) is 45.6. The van der Waals surface area contributed by atoms with Crippen molar-refractivity contribution in [1.29, 1.82) is 0 Å². The maximum Gasteiger partial charge on any atom is 0.144 e. The molecule has 2 radical (unpaired) electrons. The minimum Gasteiger partial charge on any atom is -2.00 e. The number of Topliss-reactive ketones (excluding diaryl/α,β-unsaturated/α-hetero) is 2. The average molecular weight is 1300 g/mol.